The lowest BCUT2D eigenvalue weighted by molar-refractivity contribution is -0.167. The number of carbonyl (C=O) groups is 2. The highest BCUT2D eigenvalue weighted by Crippen LogP contribution is 1.92. The van der Waals surface area contributed by atoms with Crippen molar-refractivity contribution in [1.29, 1.82) is 0 Å². The second-order valence-electron chi connectivity index (χ2n) is 3.42. The lowest BCUT2D eigenvalue weighted by Gasteiger charge is -2.14. The van der Waals surface area contributed by atoms with Gasteiger partial charge in [0, 0.05) is 7.05 Å². The van der Waals surface area contributed by atoms with Crippen LogP contribution in [0.1, 0.15) is 13.8 Å². The van der Waals surface area contributed by atoms with Gasteiger partial charge in [0.05, 0.1) is 13.7 Å². The van der Waals surface area contributed by atoms with Crippen LogP contribution in [0, 0.1) is 5.92 Å². The summed E-state index contributed by atoms with van der Waals surface area (Å²) in [5, 5.41) is 3.35. The fourth-order valence-corrected chi connectivity index (χ4v) is 0.654. The van der Waals surface area contributed by atoms with Crippen molar-refractivity contribution in [1.82, 2.24) is 10.4 Å². The molecule has 1 N–H and O–H groups in total. The second kappa shape index (κ2) is 7.05. The Morgan fingerprint density at radius 1 is 1.40 bits per heavy atom. The van der Waals surface area contributed by atoms with E-state index in [9.17, 15) is 9.59 Å². The molecule has 6 nitrogen and oxygen atoms in total. The molecule has 0 aliphatic heterocycles. The highest BCUT2D eigenvalue weighted by atomic mass is 16.7. The van der Waals surface area contributed by atoms with Crippen molar-refractivity contribution in [2.75, 3.05) is 27.3 Å². The molecular weight excluding hydrogens is 200 g/mol. The van der Waals surface area contributed by atoms with Gasteiger partial charge in [-0.25, -0.2) is 9.86 Å². The highest BCUT2D eigenvalue weighted by molar-refractivity contribution is 5.81. The lowest BCUT2D eigenvalue weighted by atomic mass is 10.2. The summed E-state index contributed by atoms with van der Waals surface area (Å²) in [6.45, 7) is 4.05. The molecule has 88 valence electrons. The maximum Gasteiger partial charge on any atom is 0.407 e. The van der Waals surface area contributed by atoms with Gasteiger partial charge in [0.1, 0.15) is 6.54 Å². The van der Waals surface area contributed by atoms with Gasteiger partial charge in [-0.1, -0.05) is 13.8 Å². The van der Waals surface area contributed by atoms with Gasteiger partial charge >= 0.3 is 6.09 Å². The van der Waals surface area contributed by atoms with Gasteiger partial charge in [-0.15, -0.1) is 0 Å². The van der Waals surface area contributed by atoms with Gasteiger partial charge in [-0.05, 0) is 5.92 Å². The SMILES string of the molecule is CON(C)C(=O)CNC(=O)OCC(C)C. The zero-order chi connectivity index (χ0) is 11.8. The predicted molar refractivity (Wildman–Crippen MR) is 54.0 cm³/mol. The summed E-state index contributed by atoms with van der Waals surface area (Å²) >= 11 is 0. The molecule has 0 aliphatic rings. The number of ether oxygens (including phenoxy) is 1. The maximum absolute atomic E-state index is 11.1. The number of amides is 2. The summed E-state index contributed by atoms with van der Waals surface area (Å²) in [7, 11) is 2.83. The van der Waals surface area contributed by atoms with Gasteiger partial charge < -0.3 is 10.1 Å². The molecule has 0 saturated carbocycles. The number of hydrogen-bond donors (Lipinski definition) is 1. The number of nitrogens with zero attached hydrogens (tertiary/aromatic N) is 1. The molecule has 0 radical (unpaired) electrons. The summed E-state index contributed by atoms with van der Waals surface area (Å²) in [6, 6.07) is 0. The third kappa shape index (κ3) is 6.73. The molecule has 0 bridgehead atoms. The van der Waals surface area contributed by atoms with E-state index in [1.165, 1.54) is 14.2 Å². The Bertz CT molecular complexity index is 218. The van der Waals surface area contributed by atoms with Gasteiger partial charge in [0.2, 0.25) is 0 Å². The van der Waals surface area contributed by atoms with E-state index < -0.39 is 6.09 Å². The van der Waals surface area contributed by atoms with E-state index in [4.69, 9.17) is 4.74 Å². The predicted octanol–water partition coefficient (Wildman–Crippen LogP) is 0.388. The summed E-state index contributed by atoms with van der Waals surface area (Å²) in [4.78, 5) is 26.8. The largest absolute Gasteiger partial charge is 0.449 e. The first-order valence-electron chi connectivity index (χ1n) is 4.68. The molecule has 0 heterocycles. The van der Waals surface area contributed by atoms with Crippen LogP contribution in [-0.2, 0) is 14.4 Å². The van der Waals surface area contributed by atoms with Crippen molar-refractivity contribution in [3.05, 3.63) is 0 Å². The van der Waals surface area contributed by atoms with Crippen molar-refractivity contribution in [3.8, 4) is 0 Å². The number of hydrogen-bond acceptors (Lipinski definition) is 4. The third-order valence-electron chi connectivity index (χ3n) is 1.56. The summed E-state index contributed by atoms with van der Waals surface area (Å²) in [5.74, 6) is -0.0768. The quantitative estimate of drug-likeness (QED) is 0.678. The fraction of sp³-hybridized carbons (Fsp3) is 0.778. The third-order valence-corrected chi connectivity index (χ3v) is 1.56. The van der Waals surface area contributed by atoms with Crippen LogP contribution in [0.5, 0.6) is 0 Å². The smallest absolute Gasteiger partial charge is 0.407 e. The van der Waals surface area contributed by atoms with Crippen molar-refractivity contribution in [3.63, 3.8) is 0 Å². The lowest BCUT2D eigenvalue weighted by Crippen LogP contribution is -2.38. The summed E-state index contributed by atoms with van der Waals surface area (Å²) < 4.78 is 4.81. The van der Waals surface area contributed by atoms with Crippen molar-refractivity contribution < 1.29 is 19.2 Å². The summed E-state index contributed by atoms with van der Waals surface area (Å²) in [5.41, 5.74) is 0. The van der Waals surface area contributed by atoms with Crippen LogP contribution in [0.3, 0.4) is 0 Å². The Morgan fingerprint density at radius 2 is 2.00 bits per heavy atom. The Balaban J connectivity index is 3.67. The van der Waals surface area contributed by atoms with Crippen molar-refractivity contribution in [2.24, 2.45) is 5.92 Å². The first kappa shape index (κ1) is 13.7. The standard InChI is InChI=1S/C9H18N2O4/c1-7(2)6-15-9(13)10-5-8(12)11(3)14-4/h7H,5-6H2,1-4H3,(H,10,13). The number of likely N-dealkylation sites (N-methyl/N-ethyl adjacent to an activating group) is 1. The molecule has 0 atom stereocenters. The molecule has 0 spiro atoms. The average Bonchev–Trinajstić information content (AvgIpc) is 2.21. The zero-order valence-electron chi connectivity index (χ0n) is 9.57. The fourth-order valence-electron chi connectivity index (χ4n) is 0.654. The highest BCUT2D eigenvalue weighted by Gasteiger charge is 2.10. The van der Waals surface area contributed by atoms with E-state index in [2.05, 4.69) is 10.2 Å². The van der Waals surface area contributed by atoms with Crippen LogP contribution in [0.2, 0.25) is 0 Å². The van der Waals surface area contributed by atoms with E-state index in [1.54, 1.807) is 0 Å². The van der Waals surface area contributed by atoms with E-state index >= 15 is 0 Å². The van der Waals surface area contributed by atoms with Crippen LogP contribution in [0.4, 0.5) is 4.79 Å². The Labute approximate surface area is 89.5 Å². The normalized spacial score (nSPS) is 9.93. The van der Waals surface area contributed by atoms with Gasteiger partial charge in [0.25, 0.3) is 5.91 Å². The molecule has 0 saturated heterocycles. The Morgan fingerprint density at radius 3 is 2.47 bits per heavy atom. The molecule has 0 aliphatic carbocycles. The molecule has 0 aromatic rings. The molecule has 2 amide bonds. The minimum atomic E-state index is -0.596. The molecule has 6 heteroatoms. The van der Waals surface area contributed by atoms with E-state index in [1.807, 2.05) is 13.8 Å². The zero-order valence-corrected chi connectivity index (χ0v) is 9.57. The van der Waals surface area contributed by atoms with Gasteiger partial charge in [0.15, 0.2) is 0 Å². The van der Waals surface area contributed by atoms with Gasteiger partial charge in [-0.3, -0.25) is 9.63 Å². The molecule has 0 aromatic heterocycles. The van der Waals surface area contributed by atoms with Crippen LogP contribution in [0.15, 0.2) is 0 Å². The number of carbonyl (C=O) groups excluding carboxylic acids is 2. The Kier molecular flexibility index (Phi) is 6.44. The minimum Gasteiger partial charge on any atom is -0.449 e. The molecule has 0 aromatic carbocycles. The number of nitrogens with one attached hydrogen (secondary N) is 1. The topological polar surface area (TPSA) is 67.9 Å². The van der Waals surface area contributed by atoms with E-state index in [0.717, 1.165) is 5.06 Å². The average molecular weight is 218 g/mol. The first-order chi connectivity index (χ1) is 6.97. The molecule has 15 heavy (non-hydrogen) atoms. The van der Waals surface area contributed by atoms with Gasteiger partial charge in [-0.2, -0.15) is 0 Å². The van der Waals surface area contributed by atoms with Crippen molar-refractivity contribution in [2.45, 2.75) is 13.8 Å². The molecule has 0 rings (SSSR count). The van der Waals surface area contributed by atoms with Crippen LogP contribution in [-0.4, -0.2) is 44.4 Å². The number of alkyl carbamates (subject to hydrolysis) is 1. The van der Waals surface area contributed by atoms with Crippen LogP contribution in [0.25, 0.3) is 0 Å². The molecule has 0 fully saturated rings. The van der Waals surface area contributed by atoms with Crippen molar-refractivity contribution >= 4 is 12.0 Å². The molecule has 0 unspecified atom stereocenters. The number of rotatable bonds is 5. The number of hydroxylamine groups is 2. The van der Waals surface area contributed by atoms with E-state index in [0.29, 0.717) is 6.61 Å². The Hall–Kier alpha value is -1.30. The minimum absolute atomic E-state index is 0.138. The second-order valence-corrected chi connectivity index (χ2v) is 3.42. The van der Waals surface area contributed by atoms with E-state index in [-0.39, 0.29) is 18.4 Å². The molecular formula is C9H18N2O4. The van der Waals surface area contributed by atoms with Crippen LogP contribution >= 0.6 is 0 Å². The first-order valence-corrected chi connectivity index (χ1v) is 4.68. The summed E-state index contributed by atoms with van der Waals surface area (Å²) in [6.07, 6.45) is -0.596. The monoisotopic (exact) mass is 218 g/mol. The van der Waals surface area contributed by atoms with Crippen LogP contribution < -0.4 is 5.32 Å². The maximum atomic E-state index is 11.1.